The smallest absolute Gasteiger partial charge is 0.164 e. The van der Waals surface area contributed by atoms with Crippen LogP contribution in [0.1, 0.15) is 51.8 Å². The van der Waals surface area contributed by atoms with Gasteiger partial charge in [-0.05, 0) is 20.8 Å². The normalized spacial score (nSPS) is 10.6. The van der Waals surface area contributed by atoms with Gasteiger partial charge in [-0.25, -0.2) is 15.0 Å². The fourth-order valence-corrected chi connectivity index (χ4v) is 3.33. The third-order valence-electron chi connectivity index (χ3n) is 5.28. The molecule has 162 valence electrons. The summed E-state index contributed by atoms with van der Waals surface area (Å²) < 4.78 is 0. The first-order valence-corrected chi connectivity index (χ1v) is 10.4. The second-order valence-electron chi connectivity index (χ2n) is 7.71. The van der Waals surface area contributed by atoms with E-state index in [1.807, 2.05) is 0 Å². The van der Waals surface area contributed by atoms with E-state index < -0.39 is 0 Å². The van der Waals surface area contributed by atoms with E-state index in [9.17, 15) is 14.4 Å². The van der Waals surface area contributed by atoms with Crippen molar-refractivity contribution in [2.75, 3.05) is 0 Å². The maximum absolute atomic E-state index is 11.6. The molecule has 0 aliphatic carbocycles. The topological polar surface area (TPSA) is 89.9 Å². The number of carbonyl (C=O) groups excluding carboxylic acids is 3. The van der Waals surface area contributed by atoms with Gasteiger partial charge in [0.15, 0.2) is 34.8 Å². The zero-order valence-electron chi connectivity index (χ0n) is 18.5. The van der Waals surface area contributed by atoms with Gasteiger partial charge in [-0.3, -0.25) is 14.4 Å². The molecule has 33 heavy (non-hydrogen) atoms. The van der Waals surface area contributed by atoms with Crippen molar-refractivity contribution in [3.63, 3.8) is 0 Å². The minimum Gasteiger partial charge on any atom is -0.295 e. The molecule has 0 fully saturated rings. The van der Waals surface area contributed by atoms with Gasteiger partial charge in [0.05, 0.1) is 0 Å². The van der Waals surface area contributed by atoms with E-state index >= 15 is 0 Å². The number of ketones is 3. The molecule has 0 saturated heterocycles. The Morgan fingerprint density at radius 3 is 0.818 bits per heavy atom. The van der Waals surface area contributed by atoms with E-state index in [1.54, 1.807) is 72.8 Å². The molecule has 6 heteroatoms. The van der Waals surface area contributed by atoms with Gasteiger partial charge in [0.2, 0.25) is 0 Å². The summed E-state index contributed by atoms with van der Waals surface area (Å²) in [7, 11) is 0. The predicted molar refractivity (Wildman–Crippen MR) is 126 cm³/mol. The molecular weight excluding hydrogens is 414 g/mol. The number of carbonyl (C=O) groups is 3. The molecule has 0 saturated carbocycles. The molecular formula is C27H21N3O3. The van der Waals surface area contributed by atoms with Crippen LogP contribution in [0.3, 0.4) is 0 Å². The molecule has 0 spiro atoms. The maximum Gasteiger partial charge on any atom is 0.164 e. The van der Waals surface area contributed by atoms with Crippen LogP contribution in [0, 0.1) is 0 Å². The number of Topliss-reactive ketones (excluding diaryl/α,β-unsaturated/α-hetero) is 3. The lowest BCUT2D eigenvalue weighted by Crippen LogP contribution is -2.01. The average molecular weight is 435 g/mol. The zero-order valence-corrected chi connectivity index (χ0v) is 18.5. The van der Waals surface area contributed by atoms with E-state index in [2.05, 4.69) is 15.0 Å². The fraction of sp³-hybridized carbons (Fsp3) is 0.111. The molecule has 0 aliphatic heterocycles. The average Bonchev–Trinajstić information content (AvgIpc) is 2.84. The van der Waals surface area contributed by atoms with E-state index in [0.29, 0.717) is 34.2 Å². The van der Waals surface area contributed by atoms with E-state index in [-0.39, 0.29) is 17.3 Å². The molecule has 0 atom stereocenters. The lowest BCUT2D eigenvalue weighted by molar-refractivity contribution is 0.100. The van der Waals surface area contributed by atoms with Crippen LogP contribution in [-0.4, -0.2) is 32.3 Å². The Balaban J connectivity index is 1.84. The molecule has 0 N–H and O–H groups in total. The second-order valence-corrected chi connectivity index (χ2v) is 7.71. The highest BCUT2D eigenvalue weighted by Gasteiger charge is 2.13. The van der Waals surface area contributed by atoms with Gasteiger partial charge < -0.3 is 0 Å². The van der Waals surface area contributed by atoms with E-state index in [1.165, 1.54) is 20.8 Å². The molecule has 0 unspecified atom stereocenters. The van der Waals surface area contributed by atoms with E-state index in [4.69, 9.17) is 0 Å². The third kappa shape index (κ3) is 4.80. The summed E-state index contributed by atoms with van der Waals surface area (Å²) >= 11 is 0. The van der Waals surface area contributed by atoms with Crippen molar-refractivity contribution in [2.24, 2.45) is 0 Å². The Morgan fingerprint density at radius 2 is 0.636 bits per heavy atom. The minimum absolute atomic E-state index is 0.0188. The highest BCUT2D eigenvalue weighted by molar-refractivity contribution is 5.95. The Labute approximate surface area is 191 Å². The summed E-state index contributed by atoms with van der Waals surface area (Å²) in [5.41, 5.74) is 4.04. The van der Waals surface area contributed by atoms with Crippen LogP contribution < -0.4 is 0 Å². The van der Waals surface area contributed by atoms with Crippen molar-refractivity contribution in [2.45, 2.75) is 20.8 Å². The lowest BCUT2D eigenvalue weighted by Gasteiger charge is -2.09. The van der Waals surface area contributed by atoms with Crippen LogP contribution >= 0.6 is 0 Å². The molecule has 0 radical (unpaired) electrons. The zero-order chi connectivity index (χ0) is 23.5. The van der Waals surface area contributed by atoms with Gasteiger partial charge in [-0.15, -0.1) is 0 Å². The minimum atomic E-state index is -0.0188. The summed E-state index contributed by atoms with van der Waals surface area (Å²) in [6, 6.07) is 21.3. The van der Waals surface area contributed by atoms with Crippen LogP contribution in [0.2, 0.25) is 0 Å². The molecule has 4 aromatic rings. The second kappa shape index (κ2) is 9.04. The van der Waals surface area contributed by atoms with E-state index in [0.717, 1.165) is 16.7 Å². The molecule has 6 nitrogen and oxygen atoms in total. The van der Waals surface area contributed by atoms with Gasteiger partial charge >= 0.3 is 0 Å². The van der Waals surface area contributed by atoms with Gasteiger partial charge in [0, 0.05) is 33.4 Å². The summed E-state index contributed by atoms with van der Waals surface area (Å²) in [5, 5.41) is 0. The van der Waals surface area contributed by atoms with Gasteiger partial charge in [-0.2, -0.15) is 0 Å². The molecule has 0 amide bonds. The number of benzene rings is 3. The fourth-order valence-electron chi connectivity index (χ4n) is 3.33. The van der Waals surface area contributed by atoms with Crippen molar-refractivity contribution >= 4 is 17.3 Å². The Kier molecular flexibility index (Phi) is 6.00. The molecule has 0 aliphatic rings. The Morgan fingerprint density at radius 1 is 0.424 bits per heavy atom. The van der Waals surface area contributed by atoms with Crippen LogP contribution in [0.25, 0.3) is 34.2 Å². The third-order valence-corrected chi connectivity index (χ3v) is 5.28. The van der Waals surface area contributed by atoms with Crippen molar-refractivity contribution in [3.05, 3.63) is 89.5 Å². The summed E-state index contributed by atoms with van der Waals surface area (Å²) in [5.74, 6) is 1.31. The van der Waals surface area contributed by atoms with Crippen molar-refractivity contribution < 1.29 is 14.4 Å². The first-order valence-electron chi connectivity index (χ1n) is 10.4. The molecule has 4 rings (SSSR count). The standard InChI is InChI=1S/C27H21N3O3/c1-16(31)19-4-10-22(11-5-19)25-28-26(23-12-6-20(7-13-23)17(2)32)30-27(29-25)24-14-8-21(9-15-24)18(3)33/h4-15H,1-3H3. The lowest BCUT2D eigenvalue weighted by atomic mass is 10.1. The van der Waals surface area contributed by atoms with Crippen molar-refractivity contribution in [3.8, 4) is 34.2 Å². The number of nitrogens with zero attached hydrogens (tertiary/aromatic N) is 3. The van der Waals surface area contributed by atoms with Crippen molar-refractivity contribution in [1.29, 1.82) is 0 Å². The first kappa shape index (κ1) is 21.9. The molecule has 1 aromatic heterocycles. The maximum atomic E-state index is 11.6. The SMILES string of the molecule is CC(=O)c1ccc(-c2nc(-c3ccc(C(C)=O)cc3)nc(-c3ccc(C(C)=O)cc3)n2)cc1. The van der Waals surface area contributed by atoms with Crippen LogP contribution in [-0.2, 0) is 0 Å². The van der Waals surface area contributed by atoms with Gasteiger partial charge in [0.1, 0.15) is 0 Å². The quantitative estimate of drug-likeness (QED) is 0.373. The first-order chi connectivity index (χ1) is 15.8. The number of hydrogen-bond donors (Lipinski definition) is 0. The molecule has 0 bridgehead atoms. The highest BCUT2D eigenvalue weighted by Crippen LogP contribution is 2.25. The summed E-state index contributed by atoms with van der Waals surface area (Å²) in [6.45, 7) is 4.55. The van der Waals surface area contributed by atoms with Gasteiger partial charge in [-0.1, -0.05) is 72.8 Å². The highest BCUT2D eigenvalue weighted by atomic mass is 16.1. The van der Waals surface area contributed by atoms with Gasteiger partial charge in [0.25, 0.3) is 0 Å². The van der Waals surface area contributed by atoms with Crippen molar-refractivity contribution in [1.82, 2.24) is 15.0 Å². The molecule has 1 heterocycles. The number of rotatable bonds is 6. The summed E-state index contributed by atoms with van der Waals surface area (Å²) in [6.07, 6.45) is 0. The summed E-state index contributed by atoms with van der Waals surface area (Å²) in [4.78, 5) is 48.8. The van der Waals surface area contributed by atoms with Crippen LogP contribution in [0.15, 0.2) is 72.8 Å². The Bertz CT molecular complexity index is 1180. The predicted octanol–water partition coefficient (Wildman–Crippen LogP) is 5.48. The van der Waals surface area contributed by atoms with Crippen LogP contribution in [0.4, 0.5) is 0 Å². The Hall–Kier alpha value is -4.32. The number of aromatic nitrogens is 3. The number of hydrogen-bond acceptors (Lipinski definition) is 6. The largest absolute Gasteiger partial charge is 0.295 e. The molecule has 3 aromatic carbocycles. The van der Waals surface area contributed by atoms with Crippen LogP contribution in [0.5, 0.6) is 0 Å². The monoisotopic (exact) mass is 435 g/mol.